The first-order valence-corrected chi connectivity index (χ1v) is 11.6. The third-order valence-corrected chi connectivity index (χ3v) is 7.77. The van der Waals surface area contributed by atoms with Gasteiger partial charge in [0.2, 0.25) is 0 Å². The van der Waals surface area contributed by atoms with Gasteiger partial charge in [-0.15, -0.1) is 22.7 Å². The Bertz CT molecular complexity index is 941. The Morgan fingerprint density at radius 3 is 1.57 bits per heavy atom. The monoisotopic (exact) mass is 458 g/mol. The smallest absolute Gasteiger partial charge is 0.349 e. The number of carbonyl (C=O) groups excluding carboxylic acids is 2. The predicted octanol–water partition coefficient (Wildman–Crippen LogP) is 7.34. The van der Waals surface area contributed by atoms with Gasteiger partial charge < -0.3 is 9.47 Å². The van der Waals surface area contributed by atoms with Gasteiger partial charge in [0.05, 0.1) is 32.7 Å². The summed E-state index contributed by atoms with van der Waals surface area (Å²) in [5.41, 5.74) is 0. The molecule has 1 aromatic carbocycles. The zero-order chi connectivity index (χ0) is 20.3. The number of ether oxygens (including phenoxy) is 2. The van der Waals surface area contributed by atoms with Crippen molar-refractivity contribution in [2.24, 2.45) is 0 Å². The van der Waals surface area contributed by atoms with Crippen LogP contribution in [0, 0.1) is 0 Å². The van der Waals surface area contributed by atoms with Crippen molar-refractivity contribution in [2.45, 2.75) is 39.5 Å². The van der Waals surface area contributed by atoms with E-state index in [0.29, 0.717) is 33.0 Å². The number of carbonyl (C=O) groups is 2. The van der Waals surface area contributed by atoms with E-state index in [1.165, 1.54) is 22.7 Å². The minimum absolute atomic E-state index is 0.369. The van der Waals surface area contributed by atoms with Gasteiger partial charge in [0.25, 0.3) is 0 Å². The maximum Gasteiger partial charge on any atom is 0.349 e. The summed E-state index contributed by atoms with van der Waals surface area (Å²) in [6, 6.07) is 3.65. The van der Waals surface area contributed by atoms with Crippen LogP contribution in [-0.2, 0) is 9.47 Å². The number of esters is 2. The van der Waals surface area contributed by atoms with Gasteiger partial charge in [0.15, 0.2) is 0 Å². The molecule has 0 aliphatic rings. The summed E-state index contributed by atoms with van der Waals surface area (Å²) in [5, 5.41) is 2.26. The van der Waals surface area contributed by atoms with E-state index in [4.69, 9.17) is 32.7 Å². The van der Waals surface area contributed by atoms with Gasteiger partial charge >= 0.3 is 11.9 Å². The van der Waals surface area contributed by atoms with Crippen LogP contribution in [0.25, 0.3) is 20.2 Å². The van der Waals surface area contributed by atoms with E-state index in [1.54, 1.807) is 0 Å². The van der Waals surface area contributed by atoms with Crippen molar-refractivity contribution in [3.63, 3.8) is 0 Å². The third-order valence-electron chi connectivity index (χ3n) is 4.22. The summed E-state index contributed by atoms with van der Waals surface area (Å²) in [6.07, 6.45) is 3.50. The highest BCUT2D eigenvalue weighted by molar-refractivity contribution is 7.29. The number of thiophene rings is 2. The molecule has 28 heavy (non-hydrogen) atoms. The van der Waals surface area contributed by atoms with Gasteiger partial charge in [-0.2, -0.15) is 0 Å². The lowest BCUT2D eigenvalue weighted by molar-refractivity contribution is 0.0496. The zero-order valence-corrected chi connectivity index (χ0v) is 18.7. The summed E-state index contributed by atoms with van der Waals surface area (Å²) in [4.78, 5) is 25.5. The molecule has 0 amide bonds. The van der Waals surface area contributed by atoms with Crippen LogP contribution in [0.3, 0.4) is 0 Å². The standard InChI is InChI=1S/C20H20Cl2O4S2/c1-3-5-9-25-19(23)17-13(21)11-7-8-12-14(22)18(20(24)26-10-6-4-2)28-16(12)15(11)27-17/h7-8H,3-6,9-10H2,1-2H3. The number of hydrogen-bond donors (Lipinski definition) is 0. The van der Waals surface area contributed by atoms with Gasteiger partial charge in [0, 0.05) is 10.8 Å². The van der Waals surface area contributed by atoms with E-state index in [1.807, 2.05) is 26.0 Å². The van der Waals surface area contributed by atoms with Crippen LogP contribution < -0.4 is 0 Å². The highest BCUT2D eigenvalue weighted by Crippen LogP contribution is 2.45. The van der Waals surface area contributed by atoms with Crippen molar-refractivity contribution in [1.82, 2.24) is 0 Å². The highest BCUT2D eigenvalue weighted by Gasteiger charge is 2.24. The fourth-order valence-electron chi connectivity index (χ4n) is 2.66. The van der Waals surface area contributed by atoms with Crippen LogP contribution in [-0.4, -0.2) is 25.2 Å². The first kappa shape index (κ1) is 21.4. The fraction of sp³-hybridized carbons (Fsp3) is 0.400. The summed E-state index contributed by atoms with van der Waals surface area (Å²) in [5.74, 6) is -0.843. The number of fused-ring (bicyclic) bond motifs is 3. The Labute approximate surface area is 181 Å². The molecule has 0 aliphatic carbocycles. The highest BCUT2D eigenvalue weighted by atomic mass is 35.5. The maximum atomic E-state index is 12.4. The average Bonchev–Trinajstić information content (AvgIpc) is 3.20. The lowest BCUT2D eigenvalue weighted by Crippen LogP contribution is -2.04. The van der Waals surface area contributed by atoms with Crippen LogP contribution in [0.1, 0.15) is 58.9 Å². The van der Waals surface area contributed by atoms with E-state index in [2.05, 4.69) is 0 Å². The molecular formula is C20H20Cl2O4S2. The molecule has 150 valence electrons. The molecule has 3 rings (SSSR count). The van der Waals surface area contributed by atoms with Gasteiger partial charge in [-0.05, 0) is 12.8 Å². The van der Waals surface area contributed by atoms with E-state index < -0.39 is 11.9 Å². The SMILES string of the molecule is CCCCOC(=O)c1sc2c(ccc3c(Cl)c(C(=O)OCCCC)sc32)c1Cl. The average molecular weight is 459 g/mol. The number of halogens is 2. The van der Waals surface area contributed by atoms with Crippen molar-refractivity contribution in [1.29, 1.82) is 0 Å². The second kappa shape index (κ2) is 9.44. The normalized spacial score (nSPS) is 11.3. The first-order valence-electron chi connectivity index (χ1n) is 9.16. The van der Waals surface area contributed by atoms with Crippen molar-refractivity contribution in [3.8, 4) is 0 Å². The Morgan fingerprint density at radius 2 is 1.21 bits per heavy atom. The topological polar surface area (TPSA) is 52.6 Å². The van der Waals surface area contributed by atoms with Crippen LogP contribution in [0.5, 0.6) is 0 Å². The fourth-order valence-corrected chi connectivity index (χ4v) is 5.78. The molecule has 0 N–H and O–H groups in total. The van der Waals surface area contributed by atoms with Crippen LogP contribution >= 0.6 is 45.9 Å². The van der Waals surface area contributed by atoms with Crippen LogP contribution in [0.2, 0.25) is 10.0 Å². The number of benzene rings is 1. The lowest BCUT2D eigenvalue weighted by atomic mass is 10.2. The van der Waals surface area contributed by atoms with Crippen molar-refractivity contribution >= 4 is 78.0 Å². The molecule has 4 nitrogen and oxygen atoms in total. The second-order valence-electron chi connectivity index (χ2n) is 6.29. The number of unbranched alkanes of at least 4 members (excludes halogenated alkanes) is 2. The zero-order valence-electron chi connectivity index (χ0n) is 15.6. The maximum absolute atomic E-state index is 12.4. The molecule has 8 heteroatoms. The van der Waals surface area contributed by atoms with E-state index in [0.717, 1.165) is 45.9 Å². The molecule has 3 aromatic rings. The van der Waals surface area contributed by atoms with Crippen LogP contribution in [0.4, 0.5) is 0 Å². The van der Waals surface area contributed by atoms with E-state index in [-0.39, 0.29) is 0 Å². The van der Waals surface area contributed by atoms with Gasteiger partial charge in [-0.3, -0.25) is 0 Å². The van der Waals surface area contributed by atoms with Gasteiger partial charge in [-0.1, -0.05) is 62.0 Å². The summed E-state index contributed by atoms with van der Waals surface area (Å²) < 4.78 is 12.3. The Kier molecular flexibility index (Phi) is 7.20. The Hall–Kier alpha value is -1.34. The van der Waals surface area contributed by atoms with Crippen molar-refractivity contribution < 1.29 is 19.1 Å². The Morgan fingerprint density at radius 1 is 0.821 bits per heavy atom. The molecule has 2 aromatic heterocycles. The molecule has 0 unspecified atom stereocenters. The number of rotatable bonds is 8. The molecule has 0 saturated heterocycles. The molecule has 2 heterocycles. The summed E-state index contributed by atoms with van der Waals surface area (Å²) in [6.45, 7) is 4.80. The quantitative estimate of drug-likeness (QED) is 0.261. The minimum atomic E-state index is -0.422. The second-order valence-corrected chi connectivity index (χ2v) is 9.09. The number of hydrogen-bond acceptors (Lipinski definition) is 6. The molecular weight excluding hydrogens is 439 g/mol. The minimum Gasteiger partial charge on any atom is -0.461 e. The molecule has 0 aliphatic heterocycles. The molecule has 0 fully saturated rings. The molecule has 0 bridgehead atoms. The van der Waals surface area contributed by atoms with Gasteiger partial charge in [-0.25, -0.2) is 9.59 Å². The molecule has 0 atom stereocenters. The van der Waals surface area contributed by atoms with Crippen molar-refractivity contribution in [3.05, 3.63) is 31.9 Å². The summed E-state index contributed by atoms with van der Waals surface area (Å²) >= 11 is 15.4. The van der Waals surface area contributed by atoms with Crippen LogP contribution in [0.15, 0.2) is 12.1 Å². The largest absolute Gasteiger partial charge is 0.461 e. The Balaban J connectivity index is 1.99. The predicted molar refractivity (Wildman–Crippen MR) is 118 cm³/mol. The molecule has 0 radical (unpaired) electrons. The van der Waals surface area contributed by atoms with E-state index >= 15 is 0 Å². The molecule has 0 saturated carbocycles. The summed E-state index contributed by atoms with van der Waals surface area (Å²) in [7, 11) is 0. The third kappa shape index (κ3) is 4.15. The lowest BCUT2D eigenvalue weighted by Gasteiger charge is -2.01. The van der Waals surface area contributed by atoms with Gasteiger partial charge in [0.1, 0.15) is 9.75 Å². The molecule has 0 spiro atoms. The van der Waals surface area contributed by atoms with E-state index in [9.17, 15) is 9.59 Å². The first-order chi connectivity index (χ1) is 13.5. The van der Waals surface area contributed by atoms with Crippen molar-refractivity contribution in [2.75, 3.05) is 13.2 Å².